The summed E-state index contributed by atoms with van der Waals surface area (Å²) < 4.78 is 4.96. The maximum absolute atomic E-state index is 11.5. The summed E-state index contributed by atoms with van der Waals surface area (Å²) in [7, 11) is 1.63. The van der Waals surface area contributed by atoms with Gasteiger partial charge in [0.1, 0.15) is 0 Å². The Hall–Kier alpha value is -1.00. The summed E-state index contributed by atoms with van der Waals surface area (Å²) in [5.74, 6) is 1.42. The summed E-state index contributed by atoms with van der Waals surface area (Å²) in [5.41, 5.74) is 1.25. The number of hydrogen-bond acceptors (Lipinski definition) is 3. The average molecular weight is 253 g/mol. The lowest BCUT2D eigenvalue weighted by Gasteiger charge is -2.12. The Kier molecular flexibility index (Phi) is 6.74. The normalized spacial score (nSPS) is 12.1. The van der Waals surface area contributed by atoms with E-state index in [-0.39, 0.29) is 11.9 Å². The molecule has 3 nitrogen and oxygen atoms in total. The van der Waals surface area contributed by atoms with Crippen molar-refractivity contribution in [2.24, 2.45) is 0 Å². The van der Waals surface area contributed by atoms with Crippen molar-refractivity contribution in [3.8, 4) is 0 Å². The van der Waals surface area contributed by atoms with E-state index >= 15 is 0 Å². The molecule has 0 radical (unpaired) electrons. The molecule has 1 amide bonds. The van der Waals surface area contributed by atoms with Gasteiger partial charge in [-0.05, 0) is 12.5 Å². The van der Waals surface area contributed by atoms with Gasteiger partial charge in [-0.25, -0.2) is 0 Å². The number of rotatable bonds is 7. The van der Waals surface area contributed by atoms with Gasteiger partial charge < -0.3 is 10.1 Å². The first-order valence-corrected chi connectivity index (χ1v) is 6.78. The van der Waals surface area contributed by atoms with Gasteiger partial charge in [-0.15, -0.1) is 11.8 Å². The van der Waals surface area contributed by atoms with Crippen molar-refractivity contribution < 1.29 is 9.53 Å². The largest absolute Gasteiger partial charge is 0.383 e. The predicted octanol–water partition coefficient (Wildman–Crippen LogP) is 2.07. The van der Waals surface area contributed by atoms with Crippen molar-refractivity contribution in [3.05, 3.63) is 35.9 Å². The van der Waals surface area contributed by atoms with E-state index in [4.69, 9.17) is 4.74 Å². The van der Waals surface area contributed by atoms with Crippen LogP contribution in [-0.4, -0.2) is 31.4 Å². The van der Waals surface area contributed by atoms with Crippen molar-refractivity contribution >= 4 is 17.7 Å². The van der Waals surface area contributed by atoms with Gasteiger partial charge in [-0.3, -0.25) is 4.79 Å². The summed E-state index contributed by atoms with van der Waals surface area (Å²) in [5, 5.41) is 2.88. The zero-order chi connectivity index (χ0) is 12.5. The molecule has 1 aromatic carbocycles. The fourth-order valence-corrected chi connectivity index (χ4v) is 2.24. The molecule has 0 heterocycles. The third kappa shape index (κ3) is 6.34. The van der Waals surface area contributed by atoms with Gasteiger partial charge >= 0.3 is 0 Å². The molecular formula is C13H19NO2S. The van der Waals surface area contributed by atoms with Crippen molar-refractivity contribution in [2.75, 3.05) is 19.5 Å². The summed E-state index contributed by atoms with van der Waals surface area (Å²) in [6, 6.07) is 10.2. The molecule has 17 heavy (non-hydrogen) atoms. The van der Waals surface area contributed by atoms with Crippen LogP contribution in [-0.2, 0) is 15.3 Å². The van der Waals surface area contributed by atoms with Crippen LogP contribution in [0.2, 0.25) is 0 Å². The number of thioether (sulfide) groups is 1. The van der Waals surface area contributed by atoms with E-state index in [1.54, 1.807) is 18.9 Å². The van der Waals surface area contributed by atoms with E-state index in [1.807, 2.05) is 25.1 Å². The molecule has 0 saturated heterocycles. The Balaban J connectivity index is 2.16. The van der Waals surface area contributed by atoms with Crippen molar-refractivity contribution in [1.82, 2.24) is 5.32 Å². The number of methoxy groups -OCH3 is 1. The highest BCUT2D eigenvalue weighted by Gasteiger charge is 2.06. The summed E-state index contributed by atoms with van der Waals surface area (Å²) >= 11 is 1.62. The number of hydrogen-bond donors (Lipinski definition) is 1. The minimum Gasteiger partial charge on any atom is -0.383 e. The molecule has 1 rings (SSSR count). The minimum atomic E-state index is 0.0653. The molecular weight excluding hydrogens is 234 g/mol. The quantitative estimate of drug-likeness (QED) is 0.808. The molecule has 0 spiro atoms. The number of benzene rings is 1. The highest BCUT2D eigenvalue weighted by Crippen LogP contribution is 2.11. The van der Waals surface area contributed by atoms with Gasteiger partial charge in [0.15, 0.2) is 0 Å². The number of ether oxygens (including phenoxy) is 1. The van der Waals surface area contributed by atoms with Crippen LogP contribution < -0.4 is 5.32 Å². The van der Waals surface area contributed by atoms with Gasteiger partial charge in [-0.1, -0.05) is 30.3 Å². The minimum absolute atomic E-state index is 0.0653. The van der Waals surface area contributed by atoms with Gasteiger partial charge in [0.25, 0.3) is 0 Å². The second-order valence-electron chi connectivity index (χ2n) is 3.90. The van der Waals surface area contributed by atoms with E-state index in [0.717, 1.165) is 5.75 Å². The van der Waals surface area contributed by atoms with Crippen molar-refractivity contribution in [1.29, 1.82) is 0 Å². The predicted molar refractivity (Wildman–Crippen MR) is 72.1 cm³/mol. The van der Waals surface area contributed by atoms with Gasteiger partial charge in [0.2, 0.25) is 5.91 Å². The first-order valence-electron chi connectivity index (χ1n) is 5.62. The smallest absolute Gasteiger partial charge is 0.230 e. The monoisotopic (exact) mass is 253 g/mol. The Bertz CT molecular complexity index is 329. The topological polar surface area (TPSA) is 38.3 Å². The third-order valence-corrected chi connectivity index (χ3v) is 3.17. The van der Waals surface area contributed by atoms with E-state index < -0.39 is 0 Å². The molecule has 0 aromatic heterocycles. The van der Waals surface area contributed by atoms with Crippen molar-refractivity contribution in [3.63, 3.8) is 0 Å². The molecule has 0 aliphatic heterocycles. The van der Waals surface area contributed by atoms with Crippen molar-refractivity contribution in [2.45, 2.75) is 18.7 Å². The molecule has 4 heteroatoms. The highest BCUT2D eigenvalue weighted by molar-refractivity contribution is 7.99. The summed E-state index contributed by atoms with van der Waals surface area (Å²) in [6.45, 7) is 2.48. The zero-order valence-corrected chi connectivity index (χ0v) is 11.1. The molecule has 1 atom stereocenters. The maximum atomic E-state index is 11.5. The Labute approximate surface area is 107 Å². The van der Waals surface area contributed by atoms with E-state index in [1.165, 1.54) is 5.56 Å². The first-order chi connectivity index (χ1) is 8.22. The Morgan fingerprint density at radius 2 is 2.12 bits per heavy atom. The SMILES string of the molecule is COC[C@@H](C)NC(=O)CSCc1ccccc1. The molecule has 1 N–H and O–H groups in total. The van der Waals surface area contributed by atoms with Crippen LogP contribution in [0.5, 0.6) is 0 Å². The van der Waals surface area contributed by atoms with Crippen LogP contribution in [0.1, 0.15) is 12.5 Å². The van der Waals surface area contributed by atoms with E-state index in [0.29, 0.717) is 12.4 Å². The average Bonchev–Trinajstić information content (AvgIpc) is 2.30. The summed E-state index contributed by atoms with van der Waals surface area (Å²) in [6.07, 6.45) is 0. The molecule has 0 unspecified atom stereocenters. The molecule has 0 saturated carbocycles. The standard InChI is InChI=1S/C13H19NO2S/c1-11(8-16-2)14-13(15)10-17-9-12-6-4-3-5-7-12/h3-7,11H,8-10H2,1-2H3,(H,14,15)/t11-/m1/s1. The second kappa shape index (κ2) is 8.14. The van der Waals surface area contributed by atoms with Crippen LogP contribution >= 0.6 is 11.8 Å². The summed E-state index contributed by atoms with van der Waals surface area (Å²) in [4.78, 5) is 11.5. The van der Waals surface area contributed by atoms with Gasteiger partial charge in [-0.2, -0.15) is 0 Å². The van der Waals surface area contributed by atoms with Crippen LogP contribution in [0.4, 0.5) is 0 Å². The molecule has 0 bridgehead atoms. The maximum Gasteiger partial charge on any atom is 0.230 e. The van der Waals surface area contributed by atoms with Crippen LogP contribution in [0.15, 0.2) is 30.3 Å². The third-order valence-electron chi connectivity index (χ3n) is 2.17. The van der Waals surface area contributed by atoms with E-state index in [2.05, 4.69) is 17.4 Å². The van der Waals surface area contributed by atoms with Crippen LogP contribution in [0.3, 0.4) is 0 Å². The molecule has 0 fully saturated rings. The van der Waals surface area contributed by atoms with Crippen LogP contribution in [0, 0.1) is 0 Å². The lowest BCUT2D eigenvalue weighted by atomic mass is 10.2. The molecule has 1 aromatic rings. The highest BCUT2D eigenvalue weighted by atomic mass is 32.2. The van der Waals surface area contributed by atoms with Gasteiger partial charge in [0.05, 0.1) is 12.4 Å². The fraction of sp³-hybridized carbons (Fsp3) is 0.462. The lowest BCUT2D eigenvalue weighted by Crippen LogP contribution is -2.36. The lowest BCUT2D eigenvalue weighted by molar-refractivity contribution is -0.119. The number of carbonyl (C=O) groups excluding carboxylic acids is 1. The van der Waals surface area contributed by atoms with E-state index in [9.17, 15) is 4.79 Å². The fourth-order valence-electron chi connectivity index (χ4n) is 1.44. The molecule has 0 aliphatic rings. The molecule has 0 aliphatic carbocycles. The van der Waals surface area contributed by atoms with Gasteiger partial charge in [0, 0.05) is 18.9 Å². The second-order valence-corrected chi connectivity index (χ2v) is 4.89. The molecule has 94 valence electrons. The van der Waals surface area contributed by atoms with Crippen LogP contribution in [0.25, 0.3) is 0 Å². The zero-order valence-electron chi connectivity index (χ0n) is 10.3. The Morgan fingerprint density at radius 1 is 1.41 bits per heavy atom. The number of carbonyl (C=O) groups is 1. The number of nitrogens with one attached hydrogen (secondary N) is 1. The Morgan fingerprint density at radius 3 is 2.76 bits per heavy atom. The first kappa shape index (κ1) is 14.1. The number of amides is 1.